The molecule has 0 aromatic heterocycles. The summed E-state index contributed by atoms with van der Waals surface area (Å²) in [6, 6.07) is 8.78. The Labute approximate surface area is 155 Å². The van der Waals surface area contributed by atoms with Gasteiger partial charge in [-0.1, -0.05) is 30.4 Å². The van der Waals surface area contributed by atoms with Crippen LogP contribution in [0, 0.1) is 0 Å². The first kappa shape index (κ1) is 18.1. The summed E-state index contributed by atoms with van der Waals surface area (Å²) in [6.45, 7) is -0.270. The van der Waals surface area contributed by atoms with Crippen LogP contribution in [0.15, 0.2) is 35.3 Å². The van der Waals surface area contributed by atoms with E-state index < -0.39 is 24.5 Å². The Morgan fingerprint density at radius 2 is 2.20 bits per heavy atom. The Balaban J connectivity index is 1.77. The van der Waals surface area contributed by atoms with Crippen molar-refractivity contribution in [3.8, 4) is 0 Å². The number of benzene rings is 1. The number of aliphatic imine (C=N–C) groups is 1. The van der Waals surface area contributed by atoms with Gasteiger partial charge in [-0.3, -0.25) is 15.1 Å². The molecule has 25 heavy (non-hydrogen) atoms. The molecule has 1 aromatic rings. The van der Waals surface area contributed by atoms with Gasteiger partial charge < -0.3 is 14.9 Å². The Morgan fingerprint density at radius 1 is 1.48 bits per heavy atom. The number of amides is 2. The van der Waals surface area contributed by atoms with Crippen molar-refractivity contribution in [3.63, 3.8) is 0 Å². The van der Waals surface area contributed by atoms with Crippen molar-refractivity contribution < 1.29 is 19.7 Å². The second kappa shape index (κ2) is 7.67. The Morgan fingerprint density at radius 3 is 2.76 bits per heavy atom. The number of para-hydroxylation sites is 1. The Kier molecular flexibility index (Phi) is 5.54. The molecule has 3 N–H and O–H groups in total. The summed E-state index contributed by atoms with van der Waals surface area (Å²) in [5.41, 5.74) is 0.725. The first-order valence-electron chi connectivity index (χ1n) is 7.66. The highest BCUT2D eigenvalue weighted by atomic mass is 32.1. The molecule has 3 rings (SSSR count). The number of nitrogens with one attached hydrogen (secondary N) is 1. The van der Waals surface area contributed by atoms with E-state index in [9.17, 15) is 9.90 Å². The van der Waals surface area contributed by atoms with Crippen LogP contribution in [0.1, 0.15) is 6.42 Å². The average Bonchev–Trinajstić information content (AvgIpc) is 2.96. The van der Waals surface area contributed by atoms with Gasteiger partial charge in [0.05, 0.1) is 18.4 Å². The minimum atomic E-state index is -0.820. The molecule has 2 aliphatic heterocycles. The van der Waals surface area contributed by atoms with Crippen LogP contribution in [0.3, 0.4) is 0 Å². The number of carbonyl (C=O) groups excluding carboxylic acids is 1. The van der Waals surface area contributed by atoms with Crippen molar-refractivity contribution in [2.75, 3.05) is 18.2 Å². The second-order valence-electron chi connectivity index (χ2n) is 5.59. The van der Waals surface area contributed by atoms with Gasteiger partial charge >= 0.3 is 6.03 Å². The smallest absolute Gasteiger partial charge is 0.327 e. The summed E-state index contributed by atoms with van der Waals surface area (Å²) in [5.74, 6) is 0.268. The molecule has 0 saturated carbocycles. The van der Waals surface area contributed by atoms with E-state index in [4.69, 9.17) is 22.1 Å². The lowest BCUT2D eigenvalue weighted by Crippen LogP contribution is -2.57. The van der Waals surface area contributed by atoms with Crippen molar-refractivity contribution in [1.29, 1.82) is 0 Å². The standard InChI is InChI=1S/C15H18N4O4S2/c20-7-11-10(21)6-12(23-11)18-8-16-13(17-14(18)22)19(15(24)25)9-4-2-1-3-5-9/h1-5,10-12,20-21H,6-8H2,(H,24,25)(H,16,17,22)/t10-,11+,12+/m0/s1. The number of guanidine groups is 1. The zero-order chi connectivity index (χ0) is 18.0. The number of aliphatic hydroxyl groups excluding tert-OH is 2. The minimum absolute atomic E-state index is 0.0381. The molecule has 134 valence electrons. The number of hydrogen-bond acceptors (Lipinski definition) is 6. The topological polar surface area (TPSA) is 97.6 Å². The maximum absolute atomic E-state index is 12.5. The molecule has 1 fully saturated rings. The monoisotopic (exact) mass is 382 g/mol. The molecule has 10 heteroatoms. The largest absolute Gasteiger partial charge is 0.394 e. The van der Waals surface area contributed by atoms with Gasteiger partial charge in [-0.15, -0.1) is 12.6 Å². The third-order valence-corrected chi connectivity index (χ3v) is 4.38. The highest BCUT2D eigenvalue weighted by Crippen LogP contribution is 2.25. The van der Waals surface area contributed by atoms with Gasteiger partial charge in [0.1, 0.15) is 23.3 Å². The van der Waals surface area contributed by atoms with Crippen molar-refractivity contribution in [2.45, 2.75) is 24.9 Å². The van der Waals surface area contributed by atoms with E-state index in [0.29, 0.717) is 0 Å². The van der Waals surface area contributed by atoms with Gasteiger partial charge in [-0.2, -0.15) is 0 Å². The van der Waals surface area contributed by atoms with Gasteiger partial charge in [0.25, 0.3) is 0 Å². The SMILES string of the molecule is O=C1NC(N(C(=S)S)c2ccccc2)=NCN1[C@H]1C[C@H](O)[C@@H](CO)O1. The molecule has 0 aliphatic carbocycles. The summed E-state index contributed by atoms with van der Waals surface area (Å²) in [7, 11) is 0. The highest BCUT2D eigenvalue weighted by Gasteiger charge is 2.40. The summed E-state index contributed by atoms with van der Waals surface area (Å²) >= 11 is 9.38. The second-order valence-corrected chi connectivity index (χ2v) is 6.70. The van der Waals surface area contributed by atoms with Gasteiger partial charge in [0, 0.05) is 6.42 Å². The van der Waals surface area contributed by atoms with Crippen LogP contribution in [0.25, 0.3) is 0 Å². The number of nitrogens with zero attached hydrogens (tertiary/aromatic N) is 3. The summed E-state index contributed by atoms with van der Waals surface area (Å²) in [4.78, 5) is 19.7. The Hall–Kier alpha value is -1.72. The van der Waals surface area contributed by atoms with E-state index in [1.807, 2.05) is 30.3 Å². The van der Waals surface area contributed by atoms with Crippen LogP contribution >= 0.6 is 24.8 Å². The van der Waals surface area contributed by atoms with Crippen LogP contribution in [-0.4, -0.2) is 63.1 Å². The molecule has 2 heterocycles. The van der Waals surface area contributed by atoms with Crippen LogP contribution in [0.4, 0.5) is 10.5 Å². The number of rotatable bonds is 3. The van der Waals surface area contributed by atoms with Gasteiger partial charge in [0.2, 0.25) is 5.96 Å². The van der Waals surface area contributed by atoms with E-state index >= 15 is 0 Å². The fourth-order valence-corrected chi connectivity index (χ4v) is 3.14. The fraction of sp³-hybridized carbons (Fsp3) is 0.400. The molecular formula is C15H18N4O4S2. The predicted molar refractivity (Wildman–Crippen MR) is 99.5 cm³/mol. The van der Waals surface area contributed by atoms with Crippen molar-refractivity contribution in [1.82, 2.24) is 10.2 Å². The molecule has 1 aromatic carbocycles. The van der Waals surface area contributed by atoms with Crippen molar-refractivity contribution >= 4 is 46.8 Å². The normalized spacial score (nSPS) is 26.2. The zero-order valence-electron chi connectivity index (χ0n) is 13.1. The molecule has 0 bridgehead atoms. The predicted octanol–water partition coefficient (Wildman–Crippen LogP) is 0.515. The number of hydrogen-bond donors (Lipinski definition) is 4. The number of thiol groups is 1. The third-order valence-electron chi connectivity index (χ3n) is 4.00. The maximum Gasteiger partial charge on any atom is 0.327 e. The molecule has 2 aliphatic rings. The fourth-order valence-electron chi connectivity index (χ4n) is 2.73. The average molecular weight is 382 g/mol. The summed E-state index contributed by atoms with van der Waals surface area (Å²) in [6.07, 6.45) is -1.95. The van der Waals surface area contributed by atoms with Crippen LogP contribution in [0.5, 0.6) is 0 Å². The lowest BCUT2D eigenvalue weighted by Gasteiger charge is -2.34. The van der Waals surface area contributed by atoms with Crippen LogP contribution in [0.2, 0.25) is 0 Å². The molecule has 2 amide bonds. The van der Waals surface area contributed by atoms with Crippen LogP contribution < -0.4 is 10.2 Å². The first-order valence-corrected chi connectivity index (χ1v) is 8.51. The summed E-state index contributed by atoms with van der Waals surface area (Å²) < 4.78 is 5.74. The van der Waals surface area contributed by atoms with E-state index in [1.165, 1.54) is 4.90 Å². The van der Waals surface area contributed by atoms with Crippen molar-refractivity contribution in [3.05, 3.63) is 30.3 Å². The number of anilines is 1. The van der Waals surface area contributed by atoms with Crippen molar-refractivity contribution in [2.24, 2.45) is 4.99 Å². The minimum Gasteiger partial charge on any atom is -0.394 e. The van der Waals surface area contributed by atoms with Gasteiger partial charge in [-0.25, -0.2) is 9.79 Å². The van der Waals surface area contributed by atoms with E-state index in [-0.39, 0.29) is 30.0 Å². The molecular weight excluding hydrogens is 364 g/mol. The highest BCUT2D eigenvalue weighted by molar-refractivity contribution is 8.11. The molecule has 0 radical (unpaired) electrons. The number of carbonyl (C=O) groups is 1. The third kappa shape index (κ3) is 3.77. The van der Waals surface area contributed by atoms with E-state index in [0.717, 1.165) is 5.69 Å². The number of thiocarbonyl (C=S) groups is 1. The number of urea groups is 1. The lowest BCUT2D eigenvalue weighted by molar-refractivity contribution is -0.0637. The first-order chi connectivity index (χ1) is 12.0. The molecule has 3 atom stereocenters. The maximum atomic E-state index is 12.5. The van der Waals surface area contributed by atoms with Crippen LogP contribution in [-0.2, 0) is 4.74 Å². The molecule has 1 saturated heterocycles. The van der Waals surface area contributed by atoms with E-state index in [2.05, 4.69) is 22.9 Å². The summed E-state index contributed by atoms with van der Waals surface area (Å²) in [5, 5.41) is 21.7. The zero-order valence-corrected chi connectivity index (χ0v) is 14.9. The molecule has 0 unspecified atom stereocenters. The molecule has 0 spiro atoms. The lowest BCUT2D eigenvalue weighted by atomic mass is 10.2. The quantitative estimate of drug-likeness (QED) is 0.449. The Bertz CT molecular complexity index is 687. The number of aliphatic hydroxyl groups is 2. The van der Waals surface area contributed by atoms with Gasteiger partial charge in [-0.05, 0) is 12.1 Å². The van der Waals surface area contributed by atoms with E-state index in [1.54, 1.807) is 4.90 Å². The number of ether oxygens (including phenoxy) is 1. The molecule has 8 nitrogen and oxygen atoms in total. The van der Waals surface area contributed by atoms with Gasteiger partial charge in [0.15, 0.2) is 0 Å².